The maximum absolute atomic E-state index is 11.0. The summed E-state index contributed by atoms with van der Waals surface area (Å²) in [6.45, 7) is 2.63. The van der Waals surface area contributed by atoms with Crippen LogP contribution in [0.1, 0.15) is 32.6 Å². The van der Waals surface area contributed by atoms with Crippen molar-refractivity contribution in [3.63, 3.8) is 0 Å². The number of hydrogen-bond acceptors (Lipinski definition) is 4. The van der Waals surface area contributed by atoms with Gasteiger partial charge in [0.2, 0.25) is 0 Å². The van der Waals surface area contributed by atoms with E-state index < -0.39 is 6.04 Å². The molecule has 0 aliphatic carbocycles. The van der Waals surface area contributed by atoms with Crippen LogP contribution >= 0.6 is 12.6 Å². The molecule has 1 atom stereocenters. The number of ether oxygens (including phenoxy) is 1. The molecule has 13 heavy (non-hydrogen) atoms. The van der Waals surface area contributed by atoms with E-state index in [0.717, 1.165) is 12.8 Å². The van der Waals surface area contributed by atoms with Gasteiger partial charge in [-0.3, -0.25) is 4.79 Å². The molecule has 0 heterocycles. The molecular formula is C9H19NO2S. The number of thiol groups is 1. The van der Waals surface area contributed by atoms with Crippen LogP contribution in [0, 0.1) is 0 Å². The summed E-state index contributed by atoms with van der Waals surface area (Å²) in [6, 6.07) is -0.575. The first-order valence-corrected chi connectivity index (χ1v) is 5.38. The number of esters is 1. The van der Waals surface area contributed by atoms with Gasteiger partial charge in [-0.2, -0.15) is 12.6 Å². The van der Waals surface area contributed by atoms with Crippen molar-refractivity contribution < 1.29 is 9.53 Å². The Bertz CT molecular complexity index is 142. The number of hydrogen-bond donors (Lipinski definition) is 2. The maximum Gasteiger partial charge on any atom is 0.323 e. The molecule has 0 unspecified atom stereocenters. The average Bonchev–Trinajstić information content (AvgIpc) is 2.16. The summed E-state index contributed by atoms with van der Waals surface area (Å²) in [5.74, 6) is -0.000140. The third-order valence-corrected chi connectivity index (χ3v) is 2.14. The van der Waals surface area contributed by atoms with Crippen LogP contribution in [0.2, 0.25) is 0 Å². The van der Waals surface area contributed by atoms with Gasteiger partial charge in [0.1, 0.15) is 6.04 Å². The van der Waals surface area contributed by atoms with Crippen molar-refractivity contribution in [3.8, 4) is 0 Å². The molecule has 0 saturated heterocycles. The second kappa shape index (κ2) is 8.38. The Kier molecular flexibility index (Phi) is 8.24. The first kappa shape index (κ1) is 12.8. The lowest BCUT2D eigenvalue weighted by Crippen LogP contribution is -2.34. The molecule has 78 valence electrons. The van der Waals surface area contributed by atoms with Crippen molar-refractivity contribution in [1.82, 2.24) is 0 Å². The van der Waals surface area contributed by atoms with Crippen LogP contribution in [0.25, 0.3) is 0 Å². The standard InChI is InChI=1S/C9H19NO2S/c1-2-3-4-5-6-12-9(11)8(10)7-13/h8,13H,2-7,10H2,1H3/t8-/m0/s1. The first-order chi connectivity index (χ1) is 6.22. The van der Waals surface area contributed by atoms with E-state index in [1.807, 2.05) is 0 Å². The van der Waals surface area contributed by atoms with Gasteiger partial charge in [0.25, 0.3) is 0 Å². The van der Waals surface area contributed by atoms with Crippen molar-refractivity contribution >= 4 is 18.6 Å². The average molecular weight is 205 g/mol. The van der Waals surface area contributed by atoms with E-state index in [1.54, 1.807) is 0 Å². The summed E-state index contributed by atoms with van der Waals surface area (Å²) in [5.41, 5.74) is 5.41. The van der Waals surface area contributed by atoms with Crippen LogP contribution < -0.4 is 5.73 Å². The molecule has 0 aromatic carbocycles. The van der Waals surface area contributed by atoms with Gasteiger partial charge in [-0.1, -0.05) is 26.2 Å². The molecule has 0 aromatic heterocycles. The minimum absolute atomic E-state index is 0.341. The molecule has 4 heteroatoms. The molecule has 0 saturated carbocycles. The lowest BCUT2D eigenvalue weighted by molar-refractivity contribution is -0.144. The highest BCUT2D eigenvalue weighted by Gasteiger charge is 2.11. The predicted octanol–water partition coefficient (Wildman–Crippen LogP) is 1.37. The first-order valence-electron chi connectivity index (χ1n) is 4.75. The Morgan fingerprint density at radius 1 is 1.46 bits per heavy atom. The zero-order valence-corrected chi connectivity index (χ0v) is 9.06. The van der Waals surface area contributed by atoms with Gasteiger partial charge in [-0.25, -0.2) is 0 Å². The monoisotopic (exact) mass is 205 g/mol. The Labute approximate surface area is 85.4 Å². The summed E-state index contributed by atoms with van der Waals surface area (Å²) in [7, 11) is 0. The normalized spacial score (nSPS) is 12.5. The van der Waals surface area contributed by atoms with Gasteiger partial charge in [-0.05, 0) is 6.42 Å². The third kappa shape index (κ3) is 6.90. The second-order valence-electron chi connectivity index (χ2n) is 3.02. The number of nitrogens with two attached hydrogens (primary N) is 1. The van der Waals surface area contributed by atoms with Gasteiger partial charge >= 0.3 is 5.97 Å². The summed E-state index contributed by atoms with van der Waals surface area (Å²) in [5, 5.41) is 0. The summed E-state index contributed by atoms with van der Waals surface area (Å²) < 4.78 is 4.93. The maximum atomic E-state index is 11.0. The number of carbonyl (C=O) groups excluding carboxylic acids is 1. The quantitative estimate of drug-likeness (QED) is 0.375. The van der Waals surface area contributed by atoms with Crippen LogP contribution in [-0.4, -0.2) is 24.4 Å². The topological polar surface area (TPSA) is 52.3 Å². The number of unbranched alkanes of at least 4 members (excludes halogenated alkanes) is 3. The largest absolute Gasteiger partial charge is 0.465 e. The van der Waals surface area contributed by atoms with E-state index in [-0.39, 0.29) is 5.97 Å². The zero-order valence-electron chi connectivity index (χ0n) is 8.16. The van der Waals surface area contributed by atoms with Gasteiger partial charge < -0.3 is 10.5 Å². The van der Waals surface area contributed by atoms with E-state index in [1.165, 1.54) is 12.8 Å². The summed E-state index contributed by atoms with van der Waals surface area (Å²) in [6.07, 6.45) is 4.42. The summed E-state index contributed by atoms with van der Waals surface area (Å²) in [4.78, 5) is 11.0. The van der Waals surface area contributed by atoms with Gasteiger partial charge in [0.05, 0.1) is 6.61 Å². The van der Waals surface area contributed by atoms with Gasteiger partial charge in [0, 0.05) is 5.75 Å². The molecule has 0 fully saturated rings. The molecule has 0 aromatic rings. The van der Waals surface area contributed by atoms with Gasteiger partial charge in [-0.15, -0.1) is 0 Å². The molecule has 2 N–H and O–H groups in total. The van der Waals surface area contributed by atoms with Crippen molar-refractivity contribution in [1.29, 1.82) is 0 Å². The van der Waals surface area contributed by atoms with E-state index >= 15 is 0 Å². The summed E-state index contributed by atoms with van der Waals surface area (Å²) >= 11 is 3.91. The Balaban J connectivity index is 3.27. The van der Waals surface area contributed by atoms with E-state index in [0.29, 0.717) is 12.4 Å². The SMILES string of the molecule is CCCCCCOC(=O)[C@@H](N)CS. The highest BCUT2D eigenvalue weighted by Crippen LogP contribution is 1.99. The fourth-order valence-corrected chi connectivity index (χ4v) is 1.03. The van der Waals surface area contributed by atoms with Crippen LogP contribution in [0.5, 0.6) is 0 Å². The Morgan fingerprint density at radius 2 is 2.15 bits per heavy atom. The molecule has 0 amide bonds. The highest BCUT2D eigenvalue weighted by molar-refractivity contribution is 7.80. The molecule has 0 rings (SSSR count). The fraction of sp³-hybridized carbons (Fsp3) is 0.889. The van der Waals surface area contributed by atoms with Crippen LogP contribution in [0.4, 0.5) is 0 Å². The van der Waals surface area contributed by atoms with Crippen molar-refractivity contribution in [2.45, 2.75) is 38.6 Å². The lowest BCUT2D eigenvalue weighted by Gasteiger charge is -2.08. The van der Waals surface area contributed by atoms with E-state index in [2.05, 4.69) is 19.6 Å². The molecule has 0 bridgehead atoms. The van der Waals surface area contributed by atoms with Crippen LogP contribution in [0.15, 0.2) is 0 Å². The van der Waals surface area contributed by atoms with E-state index in [9.17, 15) is 4.79 Å². The molecule has 0 aliphatic rings. The van der Waals surface area contributed by atoms with E-state index in [4.69, 9.17) is 10.5 Å². The van der Waals surface area contributed by atoms with Crippen LogP contribution in [-0.2, 0) is 9.53 Å². The zero-order chi connectivity index (χ0) is 10.1. The lowest BCUT2D eigenvalue weighted by atomic mass is 10.2. The van der Waals surface area contributed by atoms with Crippen molar-refractivity contribution in [2.75, 3.05) is 12.4 Å². The minimum Gasteiger partial charge on any atom is -0.465 e. The Hall–Kier alpha value is -0.220. The molecule has 0 spiro atoms. The van der Waals surface area contributed by atoms with Gasteiger partial charge in [0.15, 0.2) is 0 Å². The number of carbonyl (C=O) groups is 1. The molecule has 0 aliphatic heterocycles. The highest BCUT2D eigenvalue weighted by atomic mass is 32.1. The minimum atomic E-state index is -0.575. The Morgan fingerprint density at radius 3 is 2.69 bits per heavy atom. The van der Waals surface area contributed by atoms with Crippen molar-refractivity contribution in [2.24, 2.45) is 5.73 Å². The van der Waals surface area contributed by atoms with Crippen molar-refractivity contribution in [3.05, 3.63) is 0 Å². The third-order valence-electron chi connectivity index (χ3n) is 1.74. The second-order valence-corrected chi connectivity index (χ2v) is 3.38. The molecular weight excluding hydrogens is 186 g/mol. The fourth-order valence-electron chi connectivity index (χ4n) is 0.883. The smallest absolute Gasteiger partial charge is 0.323 e. The molecule has 0 radical (unpaired) electrons. The van der Waals surface area contributed by atoms with Crippen LogP contribution in [0.3, 0.4) is 0 Å². The number of rotatable bonds is 7. The predicted molar refractivity (Wildman–Crippen MR) is 56.9 cm³/mol. The molecule has 3 nitrogen and oxygen atoms in total.